The van der Waals surface area contributed by atoms with Gasteiger partial charge in [0, 0.05) is 30.7 Å². The van der Waals surface area contributed by atoms with Crippen LogP contribution in [0.15, 0.2) is 47.7 Å². The van der Waals surface area contributed by atoms with Gasteiger partial charge in [0.15, 0.2) is 22.9 Å². The Kier molecular flexibility index (Phi) is 5.97. The molecule has 1 amide bonds. The minimum atomic E-state index is -1.10. The summed E-state index contributed by atoms with van der Waals surface area (Å²) in [5.74, 6) is -3.88. The Morgan fingerprint density at radius 1 is 1.26 bits per heavy atom. The number of ketones is 1. The number of carbonyl (C=O) groups excluding carboxylic acids is 2. The Morgan fingerprint density at radius 2 is 2.03 bits per heavy atom. The van der Waals surface area contributed by atoms with E-state index in [0.717, 1.165) is 6.08 Å². The van der Waals surface area contributed by atoms with Crippen molar-refractivity contribution < 1.29 is 27.5 Å². The number of nitrogens with zero attached hydrogens (tertiary/aromatic N) is 3. The van der Waals surface area contributed by atoms with E-state index in [0.29, 0.717) is 22.5 Å². The maximum absolute atomic E-state index is 14.7. The van der Waals surface area contributed by atoms with Crippen LogP contribution in [0.25, 0.3) is 11.0 Å². The number of rotatable bonds is 7. The van der Waals surface area contributed by atoms with Crippen molar-refractivity contribution in [1.82, 2.24) is 14.8 Å². The number of methoxy groups -OCH3 is 1. The third-order valence-corrected chi connectivity index (χ3v) is 5.18. The summed E-state index contributed by atoms with van der Waals surface area (Å²) in [5, 5.41) is 7.55. The molecule has 0 aliphatic carbocycles. The zero-order valence-corrected chi connectivity index (χ0v) is 18.6. The van der Waals surface area contributed by atoms with Crippen molar-refractivity contribution in [1.29, 1.82) is 0 Å². The van der Waals surface area contributed by atoms with Gasteiger partial charge in [0.25, 0.3) is 0 Å². The summed E-state index contributed by atoms with van der Waals surface area (Å²) in [6, 6.07) is 4.25. The number of ether oxygens (including phenoxy) is 1. The van der Waals surface area contributed by atoms with E-state index in [4.69, 9.17) is 9.15 Å². The van der Waals surface area contributed by atoms with Crippen LogP contribution in [0, 0.1) is 18.6 Å². The minimum Gasteiger partial charge on any atom is -0.494 e. The summed E-state index contributed by atoms with van der Waals surface area (Å²) in [6.45, 7) is 4.84. The highest BCUT2D eigenvalue weighted by molar-refractivity contribution is 6.09. The van der Waals surface area contributed by atoms with Gasteiger partial charge in [-0.25, -0.2) is 8.78 Å². The zero-order valence-electron chi connectivity index (χ0n) is 18.6. The van der Waals surface area contributed by atoms with Gasteiger partial charge in [-0.3, -0.25) is 19.3 Å². The van der Waals surface area contributed by atoms with Gasteiger partial charge in [-0.15, -0.1) is 0 Å². The topological polar surface area (TPSA) is 99.2 Å². The monoisotopic (exact) mass is 466 g/mol. The molecule has 34 heavy (non-hydrogen) atoms. The molecule has 8 nitrogen and oxygen atoms in total. The van der Waals surface area contributed by atoms with E-state index in [9.17, 15) is 18.4 Å². The predicted octanol–water partition coefficient (Wildman–Crippen LogP) is 4.10. The lowest BCUT2D eigenvalue weighted by molar-refractivity contribution is -0.111. The third kappa shape index (κ3) is 4.17. The summed E-state index contributed by atoms with van der Waals surface area (Å²) in [4.78, 5) is 28.9. The summed E-state index contributed by atoms with van der Waals surface area (Å²) in [7, 11) is 2.95. The fourth-order valence-electron chi connectivity index (χ4n) is 3.54. The van der Waals surface area contributed by atoms with Crippen molar-refractivity contribution in [2.24, 2.45) is 7.05 Å². The van der Waals surface area contributed by atoms with E-state index in [2.05, 4.69) is 22.0 Å². The van der Waals surface area contributed by atoms with Gasteiger partial charge in [0.1, 0.15) is 11.4 Å². The molecule has 10 heteroatoms. The Morgan fingerprint density at radius 3 is 2.74 bits per heavy atom. The second-order valence-corrected chi connectivity index (χ2v) is 7.59. The maximum Gasteiger partial charge on any atom is 0.247 e. The molecule has 1 aromatic carbocycles. The van der Waals surface area contributed by atoms with Crippen LogP contribution in [-0.2, 0) is 18.3 Å². The average Bonchev–Trinajstić information content (AvgIpc) is 3.38. The summed E-state index contributed by atoms with van der Waals surface area (Å²) < 4.78 is 41.3. The van der Waals surface area contributed by atoms with E-state index in [1.165, 1.54) is 32.4 Å². The Labute approximate surface area is 192 Å². The van der Waals surface area contributed by atoms with Crippen LogP contribution in [0.1, 0.15) is 33.1 Å². The van der Waals surface area contributed by atoms with Crippen molar-refractivity contribution in [3.63, 3.8) is 0 Å². The first kappa shape index (κ1) is 22.8. The molecule has 0 radical (unpaired) electrons. The number of carbonyl (C=O) groups is 2. The molecule has 0 saturated heterocycles. The number of amides is 1. The molecule has 0 unspecified atom stereocenters. The fraction of sp³-hybridized carbons (Fsp3) is 0.167. The first-order chi connectivity index (χ1) is 16.2. The Hall–Kier alpha value is -4.34. The molecule has 174 valence electrons. The first-order valence-electron chi connectivity index (χ1n) is 10.1. The number of nitrogens with one attached hydrogen (secondary N) is 1. The molecule has 0 fully saturated rings. The van der Waals surface area contributed by atoms with Crippen molar-refractivity contribution >= 4 is 28.3 Å². The Balaban J connectivity index is 1.67. The maximum atomic E-state index is 14.7. The molecule has 0 atom stereocenters. The highest BCUT2D eigenvalue weighted by Gasteiger charge is 2.27. The molecular weight excluding hydrogens is 446 g/mol. The number of pyridine rings is 1. The van der Waals surface area contributed by atoms with E-state index in [-0.39, 0.29) is 35.0 Å². The minimum absolute atomic E-state index is 0.0661. The molecule has 0 aliphatic rings. The first-order valence-corrected chi connectivity index (χ1v) is 10.1. The Bertz CT molecular complexity index is 1460. The summed E-state index contributed by atoms with van der Waals surface area (Å²) in [5.41, 5.74) is 1.25. The van der Waals surface area contributed by atoms with Crippen molar-refractivity contribution in [3.8, 4) is 5.75 Å². The van der Waals surface area contributed by atoms with Crippen LogP contribution in [0.5, 0.6) is 5.75 Å². The van der Waals surface area contributed by atoms with Crippen LogP contribution < -0.4 is 10.1 Å². The van der Waals surface area contributed by atoms with E-state index < -0.39 is 23.0 Å². The molecule has 0 bridgehead atoms. The number of furan rings is 1. The SMILES string of the molecule is C=CC(=O)Nc1cn(C)nc1Cc1cc2cc(C(=O)c3c(F)c(C)cc(OC)c3F)oc2cn1. The molecule has 0 spiro atoms. The fourth-order valence-corrected chi connectivity index (χ4v) is 3.54. The molecule has 3 heterocycles. The average molecular weight is 466 g/mol. The molecule has 1 N–H and O–H groups in total. The molecule has 4 rings (SSSR count). The normalized spacial score (nSPS) is 11.0. The third-order valence-electron chi connectivity index (χ3n) is 5.18. The highest BCUT2D eigenvalue weighted by atomic mass is 19.1. The van der Waals surface area contributed by atoms with Crippen LogP contribution >= 0.6 is 0 Å². The lowest BCUT2D eigenvalue weighted by Gasteiger charge is -2.09. The van der Waals surface area contributed by atoms with Gasteiger partial charge < -0.3 is 14.5 Å². The second kappa shape index (κ2) is 8.89. The number of anilines is 1. The number of aromatic nitrogens is 3. The van der Waals surface area contributed by atoms with E-state index >= 15 is 0 Å². The van der Waals surface area contributed by atoms with Gasteiger partial charge in [-0.2, -0.15) is 5.10 Å². The van der Waals surface area contributed by atoms with Crippen LogP contribution in [0.2, 0.25) is 0 Å². The van der Waals surface area contributed by atoms with Gasteiger partial charge in [0.05, 0.1) is 24.7 Å². The molecule has 4 aromatic rings. The quantitative estimate of drug-likeness (QED) is 0.325. The van der Waals surface area contributed by atoms with Gasteiger partial charge in [0.2, 0.25) is 11.7 Å². The van der Waals surface area contributed by atoms with Gasteiger partial charge in [-0.05, 0) is 36.8 Å². The van der Waals surface area contributed by atoms with Crippen molar-refractivity contribution in [2.75, 3.05) is 12.4 Å². The lowest BCUT2D eigenvalue weighted by atomic mass is 10.0. The van der Waals surface area contributed by atoms with Crippen LogP contribution in [0.4, 0.5) is 14.5 Å². The van der Waals surface area contributed by atoms with E-state index in [1.807, 2.05) is 0 Å². The zero-order chi connectivity index (χ0) is 24.6. The van der Waals surface area contributed by atoms with Crippen molar-refractivity contribution in [2.45, 2.75) is 13.3 Å². The number of fused-ring (bicyclic) bond motifs is 1. The standard InChI is InChI=1S/C24H20F2N4O4/c1-5-20(31)28-16-11-30(3)29-15(16)9-14-7-13-8-18(34-19(13)10-27-14)24(32)21-22(25)12(2)6-17(33-4)23(21)26/h5-8,10-11H,1,9H2,2-4H3,(H,28,31). The van der Waals surface area contributed by atoms with Crippen LogP contribution in [0.3, 0.4) is 0 Å². The molecule has 0 saturated carbocycles. The molecular formula is C24H20F2N4O4. The number of hydrogen-bond donors (Lipinski definition) is 1. The lowest BCUT2D eigenvalue weighted by Crippen LogP contribution is -2.09. The molecule has 0 aliphatic heterocycles. The smallest absolute Gasteiger partial charge is 0.247 e. The number of benzene rings is 1. The number of hydrogen-bond acceptors (Lipinski definition) is 6. The largest absolute Gasteiger partial charge is 0.494 e. The van der Waals surface area contributed by atoms with E-state index in [1.54, 1.807) is 24.0 Å². The summed E-state index contributed by atoms with van der Waals surface area (Å²) in [6.07, 6.45) is 4.50. The second-order valence-electron chi connectivity index (χ2n) is 7.59. The van der Waals surface area contributed by atoms with Crippen molar-refractivity contribution in [3.05, 3.63) is 83.2 Å². The van der Waals surface area contributed by atoms with Crippen LogP contribution in [-0.4, -0.2) is 33.6 Å². The predicted molar refractivity (Wildman–Crippen MR) is 120 cm³/mol. The number of aryl methyl sites for hydroxylation is 2. The summed E-state index contributed by atoms with van der Waals surface area (Å²) >= 11 is 0. The van der Waals surface area contributed by atoms with Gasteiger partial charge >= 0.3 is 0 Å². The van der Waals surface area contributed by atoms with Gasteiger partial charge in [-0.1, -0.05) is 6.58 Å². The highest BCUT2D eigenvalue weighted by Crippen LogP contribution is 2.30. The number of halogens is 2. The molecule has 3 aromatic heterocycles.